The fraction of sp³-hybridized carbons (Fsp3) is 0. The molecular formula is C51H31N3O2. The number of furan rings is 1. The van der Waals surface area contributed by atoms with Gasteiger partial charge in [0.25, 0.3) is 0 Å². The summed E-state index contributed by atoms with van der Waals surface area (Å²) in [6.07, 6.45) is 0. The fourth-order valence-corrected chi connectivity index (χ4v) is 8.61. The highest BCUT2D eigenvalue weighted by Crippen LogP contribution is 2.43. The minimum Gasteiger partial charge on any atom is -0.456 e. The molecule has 56 heavy (non-hydrogen) atoms. The summed E-state index contributed by atoms with van der Waals surface area (Å²) >= 11 is 0. The summed E-state index contributed by atoms with van der Waals surface area (Å²) in [7, 11) is 0. The Labute approximate surface area is 320 Å². The highest BCUT2D eigenvalue weighted by Gasteiger charge is 2.20. The molecule has 9 aromatic carbocycles. The number of para-hydroxylation sites is 3. The second kappa shape index (κ2) is 11.9. The molecule has 262 valence electrons. The molecule has 3 heterocycles. The van der Waals surface area contributed by atoms with Gasteiger partial charge in [-0.2, -0.15) is 0 Å². The van der Waals surface area contributed by atoms with Gasteiger partial charge in [0.05, 0.1) is 11.0 Å². The Bertz CT molecular complexity index is 3490. The average Bonchev–Trinajstić information content (AvgIpc) is 3.96. The standard InChI is InChI=1S/C51H31N3O2/c1-3-11-33(12-4-1)51-52-45-28-27-38-43(50(45)56-51)24-20-32-19-21-35(29-44(32)38)53(37-23-26-42-41-16-8-10-18-48(41)55-49(42)31-37)36-22-25-40-39-15-7-9-17-46(39)54(47(40)30-36)34-13-5-2-6-14-34/h1-31H. The molecule has 0 atom stereocenters. The van der Waals surface area contributed by atoms with Crippen molar-refractivity contribution in [2.24, 2.45) is 0 Å². The first-order valence-corrected chi connectivity index (χ1v) is 18.9. The van der Waals surface area contributed by atoms with E-state index in [1.807, 2.05) is 42.5 Å². The SMILES string of the molecule is c1ccc(-c2nc3ccc4c5cc(N(c6ccc7c(c6)oc6ccccc67)c6ccc7c8ccccc8n(-c8ccccc8)c7c6)ccc5ccc4c3o2)cc1. The monoisotopic (exact) mass is 717 g/mol. The summed E-state index contributed by atoms with van der Waals surface area (Å²) in [5, 5.41) is 9.06. The summed E-state index contributed by atoms with van der Waals surface area (Å²) < 4.78 is 15.3. The molecular weight excluding hydrogens is 687 g/mol. The first kappa shape index (κ1) is 30.8. The lowest BCUT2D eigenvalue weighted by Gasteiger charge is -2.26. The predicted octanol–water partition coefficient (Wildman–Crippen LogP) is 14.3. The van der Waals surface area contributed by atoms with Gasteiger partial charge >= 0.3 is 0 Å². The number of nitrogens with zero attached hydrogens (tertiary/aromatic N) is 3. The van der Waals surface area contributed by atoms with E-state index in [1.54, 1.807) is 0 Å². The van der Waals surface area contributed by atoms with Crippen LogP contribution in [0.25, 0.3) is 93.5 Å². The van der Waals surface area contributed by atoms with Gasteiger partial charge in [0.15, 0.2) is 5.58 Å². The van der Waals surface area contributed by atoms with E-state index < -0.39 is 0 Å². The van der Waals surface area contributed by atoms with Crippen LogP contribution in [0.5, 0.6) is 0 Å². The van der Waals surface area contributed by atoms with Gasteiger partial charge in [-0.3, -0.25) is 0 Å². The van der Waals surface area contributed by atoms with Crippen LogP contribution in [-0.4, -0.2) is 9.55 Å². The third-order valence-electron chi connectivity index (χ3n) is 11.2. The normalized spacial score (nSPS) is 11.9. The van der Waals surface area contributed by atoms with Gasteiger partial charge in [-0.25, -0.2) is 4.98 Å². The van der Waals surface area contributed by atoms with Crippen LogP contribution in [0.2, 0.25) is 0 Å². The van der Waals surface area contributed by atoms with E-state index in [0.717, 1.165) is 88.4 Å². The molecule has 0 saturated carbocycles. The zero-order valence-electron chi connectivity index (χ0n) is 30.1. The highest BCUT2D eigenvalue weighted by molar-refractivity contribution is 6.16. The smallest absolute Gasteiger partial charge is 0.227 e. The van der Waals surface area contributed by atoms with Crippen molar-refractivity contribution in [1.29, 1.82) is 0 Å². The number of anilines is 3. The van der Waals surface area contributed by atoms with Crippen molar-refractivity contribution in [3.63, 3.8) is 0 Å². The van der Waals surface area contributed by atoms with Gasteiger partial charge in [0.1, 0.15) is 16.7 Å². The van der Waals surface area contributed by atoms with Crippen molar-refractivity contribution in [1.82, 2.24) is 9.55 Å². The Morgan fingerprint density at radius 1 is 0.411 bits per heavy atom. The van der Waals surface area contributed by atoms with Crippen molar-refractivity contribution in [3.8, 4) is 17.1 Å². The Kier molecular flexibility index (Phi) is 6.56. The highest BCUT2D eigenvalue weighted by atomic mass is 16.3. The summed E-state index contributed by atoms with van der Waals surface area (Å²) in [6, 6.07) is 66.3. The molecule has 0 radical (unpaired) electrons. The minimum atomic E-state index is 0.623. The first-order chi connectivity index (χ1) is 27.7. The Morgan fingerprint density at radius 3 is 1.91 bits per heavy atom. The zero-order valence-corrected chi connectivity index (χ0v) is 30.1. The van der Waals surface area contributed by atoms with Gasteiger partial charge in [-0.05, 0) is 101 Å². The van der Waals surface area contributed by atoms with Crippen molar-refractivity contribution >= 4 is 93.5 Å². The molecule has 0 spiro atoms. The summed E-state index contributed by atoms with van der Waals surface area (Å²) in [5.41, 5.74) is 10.8. The van der Waals surface area contributed by atoms with Gasteiger partial charge in [0, 0.05) is 61.3 Å². The second-order valence-electron chi connectivity index (χ2n) is 14.4. The van der Waals surface area contributed by atoms with Crippen LogP contribution in [0.4, 0.5) is 17.1 Å². The molecule has 0 fully saturated rings. The number of benzene rings is 9. The Hall–Kier alpha value is -7.63. The topological polar surface area (TPSA) is 47.3 Å². The van der Waals surface area contributed by atoms with E-state index in [4.69, 9.17) is 13.8 Å². The maximum Gasteiger partial charge on any atom is 0.227 e. The van der Waals surface area contributed by atoms with Crippen LogP contribution >= 0.6 is 0 Å². The number of aromatic nitrogens is 2. The van der Waals surface area contributed by atoms with Gasteiger partial charge in [-0.15, -0.1) is 0 Å². The van der Waals surface area contributed by atoms with E-state index in [1.165, 1.54) is 16.3 Å². The van der Waals surface area contributed by atoms with Gasteiger partial charge in [-0.1, -0.05) is 97.1 Å². The molecule has 5 heteroatoms. The molecule has 0 saturated heterocycles. The Balaban J connectivity index is 1.10. The van der Waals surface area contributed by atoms with E-state index in [9.17, 15) is 0 Å². The zero-order chi connectivity index (χ0) is 36.7. The number of fused-ring (bicyclic) bond motifs is 11. The number of oxazole rings is 1. The molecule has 0 N–H and O–H groups in total. The van der Waals surface area contributed by atoms with Gasteiger partial charge in [0.2, 0.25) is 5.89 Å². The van der Waals surface area contributed by atoms with Gasteiger partial charge < -0.3 is 18.3 Å². The van der Waals surface area contributed by atoms with E-state index in [0.29, 0.717) is 5.89 Å². The van der Waals surface area contributed by atoms with Crippen molar-refractivity contribution in [3.05, 3.63) is 188 Å². The molecule has 3 aromatic heterocycles. The third kappa shape index (κ3) is 4.64. The lowest BCUT2D eigenvalue weighted by Crippen LogP contribution is -2.10. The lowest BCUT2D eigenvalue weighted by molar-refractivity contribution is 0.623. The quantitative estimate of drug-likeness (QED) is 0.166. The molecule has 12 rings (SSSR count). The van der Waals surface area contributed by atoms with Crippen molar-refractivity contribution in [2.75, 3.05) is 4.90 Å². The first-order valence-electron chi connectivity index (χ1n) is 18.9. The molecule has 0 amide bonds. The lowest BCUT2D eigenvalue weighted by atomic mass is 10.00. The fourth-order valence-electron chi connectivity index (χ4n) is 8.61. The van der Waals surface area contributed by atoms with Crippen molar-refractivity contribution in [2.45, 2.75) is 0 Å². The molecule has 0 aliphatic heterocycles. The molecule has 5 nitrogen and oxygen atoms in total. The Morgan fingerprint density at radius 2 is 1.04 bits per heavy atom. The predicted molar refractivity (Wildman–Crippen MR) is 231 cm³/mol. The summed E-state index contributed by atoms with van der Waals surface area (Å²) in [6.45, 7) is 0. The van der Waals surface area contributed by atoms with Crippen LogP contribution < -0.4 is 4.90 Å². The maximum absolute atomic E-state index is 6.48. The largest absolute Gasteiger partial charge is 0.456 e. The minimum absolute atomic E-state index is 0.623. The van der Waals surface area contributed by atoms with Crippen LogP contribution in [0.15, 0.2) is 197 Å². The van der Waals surface area contributed by atoms with E-state index in [-0.39, 0.29) is 0 Å². The van der Waals surface area contributed by atoms with Crippen LogP contribution in [0, 0.1) is 0 Å². The molecule has 0 aliphatic rings. The molecule has 0 bridgehead atoms. The molecule has 12 aromatic rings. The van der Waals surface area contributed by atoms with E-state index in [2.05, 4.69) is 155 Å². The van der Waals surface area contributed by atoms with E-state index >= 15 is 0 Å². The summed E-state index contributed by atoms with van der Waals surface area (Å²) in [4.78, 5) is 7.21. The number of hydrogen-bond acceptors (Lipinski definition) is 4. The third-order valence-corrected chi connectivity index (χ3v) is 11.2. The number of rotatable bonds is 5. The second-order valence-corrected chi connectivity index (χ2v) is 14.4. The maximum atomic E-state index is 6.48. The average molecular weight is 718 g/mol. The molecule has 0 unspecified atom stereocenters. The summed E-state index contributed by atoms with van der Waals surface area (Å²) in [5.74, 6) is 0.623. The number of hydrogen-bond donors (Lipinski definition) is 0. The van der Waals surface area contributed by atoms with Crippen molar-refractivity contribution < 1.29 is 8.83 Å². The van der Waals surface area contributed by atoms with Crippen LogP contribution in [0.3, 0.4) is 0 Å². The van der Waals surface area contributed by atoms with Crippen LogP contribution in [0.1, 0.15) is 0 Å². The molecule has 0 aliphatic carbocycles. The van der Waals surface area contributed by atoms with Crippen LogP contribution in [-0.2, 0) is 0 Å².